The summed E-state index contributed by atoms with van der Waals surface area (Å²) in [4.78, 5) is 28.2. The van der Waals surface area contributed by atoms with E-state index in [0.29, 0.717) is 18.0 Å². The highest BCUT2D eigenvalue weighted by Crippen LogP contribution is 2.29. The Morgan fingerprint density at radius 1 is 1.26 bits per heavy atom. The number of thiazole rings is 1. The Morgan fingerprint density at radius 2 is 2.00 bits per heavy atom. The Balaban J connectivity index is 1.62. The molecule has 8 heteroatoms. The van der Waals surface area contributed by atoms with E-state index in [1.807, 2.05) is 31.2 Å². The molecule has 0 saturated carbocycles. The molecule has 0 atom stereocenters. The fourth-order valence-corrected chi connectivity index (χ4v) is 3.72. The van der Waals surface area contributed by atoms with Gasteiger partial charge in [0.2, 0.25) is 0 Å². The van der Waals surface area contributed by atoms with Gasteiger partial charge >= 0.3 is 0 Å². The van der Waals surface area contributed by atoms with Crippen LogP contribution in [0.2, 0.25) is 5.02 Å². The number of non-ortho nitro benzene ring substituents is 1. The summed E-state index contributed by atoms with van der Waals surface area (Å²) in [5.41, 5.74) is 2.09. The van der Waals surface area contributed by atoms with Crippen molar-refractivity contribution in [3.63, 3.8) is 0 Å². The fraction of sp³-hybridized carbons (Fsp3) is 0.158. The number of amides is 1. The molecule has 0 aliphatic rings. The normalized spacial score (nSPS) is 10.6. The maximum atomic E-state index is 12.2. The van der Waals surface area contributed by atoms with Crippen LogP contribution in [0.25, 0.3) is 10.6 Å². The number of carbonyl (C=O) groups is 1. The van der Waals surface area contributed by atoms with Crippen LogP contribution in [0.3, 0.4) is 0 Å². The first-order valence-corrected chi connectivity index (χ1v) is 9.38. The number of nitrogens with one attached hydrogen (secondary N) is 1. The topological polar surface area (TPSA) is 85.1 Å². The molecule has 1 heterocycles. The molecule has 3 rings (SSSR count). The number of rotatable bonds is 6. The van der Waals surface area contributed by atoms with Gasteiger partial charge in [0.1, 0.15) is 5.01 Å². The van der Waals surface area contributed by atoms with Gasteiger partial charge in [-0.05, 0) is 25.1 Å². The van der Waals surface area contributed by atoms with Gasteiger partial charge in [-0.3, -0.25) is 14.9 Å². The van der Waals surface area contributed by atoms with Crippen LogP contribution < -0.4 is 5.32 Å². The molecule has 0 saturated heterocycles. The molecule has 27 heavy (non-hydrogen) atoms. The lowest BCUT2D eigenvalue weighted by Crippen LogP contribution is -2.25. The minimum Gasteiger partial charge on any atom is -0.352 e. The van der Waals surface area contributed by atoms with Gasteiger partial charge in [0.25, 0.3) is 11.6 Å². The summed E-state index contributed by atoms with van der Waals surface area (Å²) in [7, 11) is 0. The van der Waals surface area contributed by atoms with E-state index in [2.05, 4.69) is 10.3 Å². The number of halogens is 1. The van der Waals surface area contributed by atoms with Crippen molar-refractivity contribution < 1.29 is 9.72 Å². The van der Waals surface area contributed by atoms with E-state index in [4.69, 9.17) is 11.6 Å². The van der Waals surface area contributed by atoms with Gasteiger partial charge in [-0.15, -0.1) is 11.3 Å². The second-order valence-corrected chi connectivity index (χ2v) is 7.37. The van der Waals surface area contributed by atoms with Gasteiger partial charge in [-0.2, -0.15) is 0 Å². The lowest BCUT2D eigenvalue weighted by molar-refractivity contribution is -0.384. The molecule has 0 bridgehead atoms. The van der Waals surface area contributed by atoms with E-state index >= 15 is 0 Å². The van der Waals surface area contributed by atoms with Crippen molar-refractivity contribution in [1.82, 2.24) is 10.3 Å². The number of nitro benzene ring substituents is 1. The summed E-state index contributed by atoms with van der Waals surface area (Å²) in [6.07, 6.45) is 0.637. The summed E-state index contributed by atoms with van der Waals surface area (Å²) in [5, 5.41) is 15.2. The Labute approximate surface area is 165 Å². The minimum atomic E-state index is -0.518. The smallest absolute Gasteiger partial charge is 0.270 e. The van der Waals surface area contributed by atoms with Crippen molar-refractivity contribution in [2.24, 2.45) is 0 Å². The molecular formula is C19H16ClN3O3S. The second kappa shape index (κ2) is 8.28. The molecule has 0 fully saturated rings. The van der Waals surface area contributed by atoms with Crippen LogP contribution in [0.15, 0.2) is 48.5 Å². The molecule has 0 spiro atoms. The minimum absolute atomic E-state index is 0.103. The van der Waals surface area contributed by atoms with Gasteiger partial charge in [-0.25, -0.2) is 4.98 Å². The number of hydrogen-bond donors (Lipinski definition) is 1. The zero-order chi connectivity index (χ0) is 19.4. The molecule has 2 aromatic carbocycles. The van der Waals surface area contributed by atoms with E-state index in [1.54, 1.807) is 17.4 Å². The highest BCUT2D eigenvalue weighted by Gasteiger charge is 2.13. The van der Waals surface area contributed by atoms with E-state index in [0.717, 1.165) is 21.1 Å². The maximum Gasteiger partial charge on any atom is 0.270 e. The Bertz CT molecular complexity index is 986. The third kappa shape index (κ3) is 4.69. The summed E-state index contributed by atoms with van der Waals surface area (Å²) >= 11 is 7.49. The maximum absolute atomic E-state index is 12.2. The average molecular weight is 402 g/mol. The molecule has 3 aromatic rings. The highest BCUT2D eigenvalue weighted by molar-refractivity contribution is 7.15. The Kier molecular flexibility index (Phi) is 5.83. The van der Waals surface area contributed by atoms with Crippen LogP contribution in [-0.2, 0) is 6.42 Å². The van der Waals surface area contributed by atoms with Crippen molar-refractivity contribution in [3.05, 3.63) is 79.8 Å². The van der Waals surface area contributed by atoms with E-state index < -0.39 is 4.92 Å². The van der Waals surface area contributed by atoms with E-state index in [-0.39, 0.29) is 17.2 Å². The monoisotopic (exact) mass is 401 g/mol. The van der Waals surface area contributed by atoms with Gasteiger partial charge in [0.05, 0.1) is 10.6 Å². The first kappa shape index (κ1) is 19.0. The SMILES string of the molecule is Cc1nc(-c2ccc(Cl)cc2)sc1CCNC(=O)c1cccc([N+](=O)[O-])c1. The van der Waals surface area contributed by atoms with Crippen LogP contribution >= 0.6 is 22.9 Å². The van der Waals surface area contributed by atoms with Crippen LogP contribution in [-0.4, -0.2) is 22.4 Å². The molecule has 138 valence electrons. The summed E-state index contributed by atoms with van der Waals surface area (Å²) < 4.78 is 0. The summed E-state index contributed by atoms with van der Waals surface area (Å²) in [6.45, 7) is 2.36. The largest absolute Gasteiger partial charge is 0.352 e. The van der Waals surface area contributed by atoms with Crippen LogP contribution in [0.4, 0.5) is 5.69 Å². The standard InChI is InChI=1S/C19H16ClN3O3S/c1-12-17(27-19(22-12)13-5-7-15(20)8-6-13)9-10-21-18(24)14-3-2-4-16(11-14)23(25)26/h2-8,11H,9-10H2,1H3,(H,21,24). The van der Waals surface area contributed by atoms with Gasteiger partial charge in [0, 0.05) is 46.1 Å². The number of benzene rings is 2. The van der Waals surface area contributed by atoms with Gasteiger partial charge in [-0.1, -0.05) is 29.8 Å². The zero-order valence-electron chi connectivity index (χ0n) is 14.4. The second-order valence-electron chi connectivity index (χ2n) is 5.85. The summed E-state index contributed by atoms with van der Waals surface area (Å²) in [5.74, 6) is -0.334. The van der Waals surface area contributed by atoms with Crippen LogP contribution in [0, 0.1) is 17.0 Å². The third-order valence-corrected chi connectivity index (χ3v) is 5.46. The van der Waals surface area contributed by atoms with Crippen LogP contribution in [0.5, 0.6) is 0 Å². The van der Waals surface area contributed by atoms with Gasteiger partial charge in [0.15, 0.2) is 0 Å². The van der Waals surface area contributed by atoms with E-state index in [9.17, 15) is 14.9 Å². The molecule has 6 nitrogen and oxygen atoms in total. The molecular weight excluding hydrogens is 386 g/mol. The van der Waals surface area contributed by atoms with Crippen molar-refractivity contribution in [2.45, 2.75) is 13.3 Å². The Morgan fingerprint density at radius 3 is 2.70 bits per heavy atom. The zero-order valence-corrected chi connectivity index (χ0v) is 16.0. The average Bonchev–Trinajstić information content (AvgIpc) is 3.03. The van der Waals surface area contributed by atoms with E-state index in [1.165, 1.54) is 18.2 Å². The molecule has 1 aromatic heterocycles. The molecule has 0 aliphatic carbocycles. The van der Waals surface area contributed by atoms with Crippen molar-refractivity contribution in [1.29, 1.82) is 0 Å². The lowest BCUT2D eigenvalue weighted by Gasteiger charge is -2.04. The first-order chi connectivity index (χ1) is 12.9. The molecule has 0 aliphatic heterocycles. The van der Waals surface area contributed by atoms with Crippen molar-refractivity contribution in [3.8, 4) is 10.6 Å². The number of nitrogens with zero attached hydrogens (tertiary/aromatic N) is 2. The van der Waals surface area contributed by atoms with Gasteiger partial charge < -0.3 is 5.32 Å². The van der Waals surface area contributed by atoms with Crippen LogP contribution in [0.1, 0.15) is 20.9 Å². The fourth-order valence-electron chi connectivity index (χ4n) is 2.53. The quantitative estimate of drug-likeness (QED) is 0.481. The highest BCUT2D eigenvalue weighted by atomic mass is 35.5. The molecule has 0 unspecified atom stereocenters. The van der Waals surface area contributed by atoms with Crippen molar-refractivity contribution in [2.75, 3.05) is 6.54 Å². The molecule has 0 radical (unpaired) electrons. The molecule has 1 amide bonds. The Hall–Kier alpha value is -2.77. The predicted octanol–water partition coefficient (Wildman–Crippen LogP) is 4.65. The number of carbonyl (C=O) groups excluding carboxylic acids is 1. The first-order valence-electron chi connectivity index (χ1n) is 8.19. The third-order valence-electron chi connectivity index (χ3n) is 3.94. The lowest BCUT2D eigenvalue weighted by atomic mass is 10.2. The number of aryl methyl sites for hydroxylation is 1. The predicted molar refractivity (Wildman–Crippen MR) is 106 cm³/mol. The molecule has 1 N–H and O–H groups in total. The number of aromatic nitrogens is 1. The number of hydrogen-bond acceptors (Lipinski definition) is 5. The number of nitro groups is 1. The summed E-state index contributed by atoms with van der Waals surface area (Å²) in [6, 6.07) is 13.2. The van der Waals surface area contributed by atoms with Crippen molar-refractivity contribution >= 4 is 34.5 Å².